The van der Waals surface area contributed by atoms with Gasteiger partial charge in [0.2, 0.25) is 5.91 Å². The van der Waals surface area contributed by atoms with Crippen LogP contribution in [0.4, 0.5) is 0 Å². The van der Waals surface area contributed by atoms with Gasteiger partial charge in [-0.15, -0.1) is 0 Å². The maximum absolute atomic E-state index is 12.4. The third kappa shape index (κ3) is 4.97. The Kier molecular flexibility index (Phi) is 6.44. The first kappa shape index (κ1) is 20.0. The summed E-state index contributed by atoms with van der Waals surface area (Å²) >= 11 is 0. The average Bonchev–Trinajstić information content (AvgIpc) is 3.37. The normalized spacial score (nSPS) is 13.9. The zero-order valence-electron chi connectivity index (χ0n) is 16.9. The molecule has 7 heteroatoms. The van der Waals surface area contributed by atoms with Gasteiger partial charge in [0, 0.05) is 50.7 Å². The Labute approximate surface area is 165 Å². The summed E-state index contributed by atoms with van der Waals surface area (Å²) in [5, 5.41) is 4.01. The number of amides is 2. The predicted octanol–water partition coefficient (Wildman–Crippen LogP) is 3.02. The van der Waals surface area contributed by atoms with Crippen LogP contribution in [0, 0.1) is 5.92 Å². The van der Waals surface area contributed by atoms with Gasteiger partial charge >= 0.3 is 0 Å². The minimum Gasteiger partial charge on any atom is -0.345 e. The number of nitrogens with zero attached hydrogens (tertiary/aromatic N) is 4. The number of carbonyl (C=O) groups is 2. The molecule has 1 aromatic heterocycles. The fourth-order valence-corrected chi connectivity index (χ4v) is 3.23. The highest BCUT2D eigenvalue weighted by molar-refractivity contribution is 5.94. The lowest BCUT2D eigenvalue weighted by molar-refractivity contribution is -0.130. The van der Waals surface area contributed by atoms with Gasteiger partial charge in [-0.25, -0.2) is 0 Å². The molecule has 0 unspecified atom stereocenters. The Bertz CT molecular complexity index is 807. The van der Waals surface area contributed by atoms with Crippen molar-refractivity contribution in [3.05, 3.63) is 35.7 Å². The summed E-state index contributed by atoms with van der Waals surface area (Å²) in [5.74, 6) is 1.52. The minimum absolute atomic E-state index is 0.0735. The van der Waals surface area contributed by atoms with Crippen molar-refractivity contribution < 1.29 is 14.1 Å². The largest absolute Gasteiger partial charge is 0.345 e. The van der Waals surface area contributed by atoms with E-state index in [0.717, 1.165) is 31.5 Å². The zero-order valence-corrected chi connectivity index (χ0v) is 16.9. The van der Waals surface area contributed by atoms with E-state index in [0.29, 0.717) is 42.6 Å². The van der Waals surface area contributed by atoms with Gasteiger partial charge < -0.3 is 14.3 Å². The molecule has 150 valence electrons. The predicted molar refractivity (Wildman–Crippen MR) is 106 cm³/mol. The molecule has 0 N–H and O–H groups in total. The van der Waals surface area contributed by atoms with Gasteiger partial charge in [-0.3, -0.25) is 9.59 Å². The minimum atomic E-state index is 0.0735. The number of aromatic nitrogens is 2. The molecule has 1 aliphatic rings. The van der Waals surface area contributed by atoms with Crippen molar-refractivity contribution in [3.8, 4) is 11.5 Å². The molecule has 1 saturated heterocycles. The summed E-state index contributed by atoms with van der Waals surface area (Å²) in [4.78, 5) is 32.4. The van der Waals surface area contributed by atoms with E-state index in [1.54, 1.807) is 24.1 Å². The van der Waals surface area contributed by atoms with Gasteiger partial charge in [0.05, 0.1) is 0 Å². The summed E-state index contributed by atoms with van der Waals surface area (Å²) in [5.41, 5.74) is 1.46. The van der Waals surface area contributed by atoms with Crippen molar-refractivity contribution in [1.29, 1.82) is 0 Å². The van der Waals surface area contributed by atoms with Crippen LogP contribution in [0.2, 0.25) is 0 Å². The highest BCUT2D eigenvalue weighted by Crippen LogP contribution is 2.20. The number of likely N-dealkylation sites (tertiary alicyclic amines) is 1. The van der Waals surface area contributed by atoms with Crippen molar-refractivity contribution in [3.63, 3.8) is 0 Å². The number of rotatable bonds is 7. The van der Waals surface area contributed by atoms with E-state index in [4.69, 9.17) is 4.52 Å². The van der Waals surface area contributed by atoms with Gasteiger partial charge in [-0.2, -0.15) is 4.98 Å². The summed E-state index contributed by atoms with van der Waals surface area (Å²) in [6.45, 7) is 6.28. The Morgan fingerprint density at radius 1 is 1.18 bits per heavy atom. The molecule has 0 atom stereocenters. The number of carbonyl (C=O) groups excluding carboxylic acids is 2. The van der Waals surface area contributed by atoms with Crippen LogP contribution in [0.5, 0.6) is 0 Å². The fraction of sp³-hybridized carbons (Fsp3) is 0.524. The van der Waals surface area contributed by atoms with E-state index >= 15 is 0 Å². The molecule has 0 saturated carbocycles. The molecule has 7 nitrogen and oxygen atoms in total. The molecular formula is C21H28N4O3. The van der Waals surface area contributed by atoms with E-state index in [-0.39, 0.29) is 11.8 Å². The summed E-state index contributed by atoms with van der Waals surface area (Å²) in [7, 11) is 1.79. The van der Waals surface area contributed by atoms with Crippen molar-refractivity contribution in [2.45, 2.75) is 39.5 Å². The summed E-state index contributed by atoms with van der Waals surface area (Å²) < 4.78 is 5.35. The van der Waals surface area contributed by atoms with Crippen LogP contribution in [0.1, 0.15) is 49.3 Å². The lowest BCUT2D eigenvalue weighted by atomic mass is 10.1. The van der Waals surface area contributed by atoms with Gasteiger partial charge in [0.25, 0.3) is 11.8 Å². The molecule has 0 spiro atoms. The van der Waals surface area contributed by atoms with E-state index in [1.165, 1.54) is 0 Å². The highest BCUT2D eigenvalue weighted by Gasteiger charge is 2.20. The van der Waals surface area contributed by atoms with Gasteiger partial charge in [0.15, 0.2) is 5.82 Å². The molecular weight excluding hydrogens is 356 g/mol. The van der Waals surface area contributed by atoms with E-state index in [1.807, 2.05) is 30.9 Å². The first-order chi connectivity index (χ1) is 13.4. The van der Waals surface area contributed by atoms with Crippen LogP contribution in [0.25, 0.3) is 11.5 Å². The van der Waals surface area contributed by atoms with Crippen LogP contribution < -0.4 is 0 Å². The summed E-state index contributed by atoms with van der Waals surface area (Å²) in [6.07, 6.45) is 3.23. The van der Waals surface area contributed by atoms with Crippen LogP contribution in [-0.4, -0.2) is 58.4 Å². The molecule has 1 aromatic carbocycles. The van der Waals surface area contributed by atoms with Crippen LogP contribution >= 0.6 is 0 Å². The van der Waals surface area contributed by atoms with Crippen molar-refractivity contribution >= 4 is 11.8 Å². The molecule has 2 amide bonds. The molecule has 1 aliphatic heterocycles. The topological polar surface area (TPSA) is 79.5 Å². The maximum Gasteiger partial charge on any atom is 0.257 e. The Morgan fingerprint density at radius 3 is 2.50 bits per heavy atom. The van der Waals surface area contributed by atoms with Crippen molar-refractivity contribution in [2.24, 2.45) is 5.92 Å². The monoisotopic (exact) mass is 384 g/mol. The number of hydrogen-bond donors (Lipinski definition) is 0. The Balaban J connectivity index is 1.57. The third-order valence-corrected chi connectivity index (χ3v) is 4.92. The van der Waals surface area contributed by atoms with E-state index in [2.05, 4.69) is 10.1 Å². The molecule has 0 radical (unpaired) electrons. The molecule has 1 fully saturated rings. The number of hydrogen-bond acceptors (Lipinski definition) is 5. The average molecular weight is 384 g/mol. The van der Waals surface area contributed by atoms with Crippen molar-refractivity contribution in [2.75, 3.05) is 26.7 Å². The standard InChI is InChI=1S/C21H28N4O3/c1-15(2)14-19(26)24(3)13-10-18-22-20(28-23-18)16-6-8-17(9-7-16)21(27)25-11-4-5-12-25/h6-9,15H,4-5,10-14H2,1-3H3. The third-order valence-electron chi connectivity index (χ3n) is 4.92. The lowest BCUT2D eigenvalue weighted by Crippen LogP contribution is -2.29. The fourth-order valence-electron chi connectivity index (χ4n) is 3.23. The second-order valence-corrected chi connectivity index (χ2v) is 7.76. The molecule has 0 aliphatic carbocycles. The second kappa shape index (κ2) is 8.99. The first-order valence-corrected chi connectivity index (χ1v) is 9.90. The molecule has 0 bridgehead atoms. The number of benzene rings is 1. The Morgan fingerprint density at radius 2 is 1.86 bits per heavy atom. The highest BCUT2D eigenvalue weighted by atomic mass is 16.5. The van der Waals surface area contributed by atoms with Crippen LogP contribution in [0.15, 0.2) is 28.8 Å². The first-order valence-electron chi connectivity index (χ1n) is 9.90. The molecule has 2 aromatic rings. The van der Waals surface area contributed by atoms with Gasteiger partial charge in [-0.1, -0.05) is 19.0 Å². The van der Waals surface area contributed by atoms with Crippen molar-refractivity contribution in [1.82, 2.24) is 19.9 Å². The number of likely N-dealkylation sites (N-methyl/N-ethyl adjacent to an activating group) is 1. The molecule has 3 rings (SSSR count). The maximum atomic E-state index is 12.4. The second-order valence-electron chi connectivity index (χ2n) is 7.76. The smallest absolute Gasteiger partial charge is 0.257 e. The van der Waals surface area contributed by atoms with Crippen LogP contribution in [0.3, 0.4) is 0 Å². The van der Waals surface area contributed by atoms with Gasteiger partial charge in [-0.05, 0) is 43.0 Å². The zero-order chi connectivity index (χ0) is 20.1. The van der Waals surface area contributed by atoms with E-state index < -0.39 is 0 Å². The lowest BCUT2D eigenvalue weighted by Gasteiger charge is -2.17. The van der Waals surface area contributed by atoms with Crippen LogP contribution in [-0.2, 0) is 11.2 Å². The van der Waals surface area contributed by atoms with E-state index in [9.17, 15) is 9.59 Å². The van der Waals surface area contributed by atoms with Gasteiger partial charge in [0.1, 0.15) is 0 Å². The molecule has 28 heavy (non-hydrogen) atoms. The SMILES string of the molecule is CC(C)CC(=O)N(C)CCc1noc(-c2ccc(C(=O)N3CCCC3)cc2)n1. The molecule has 2 heterocycles. The summed E-state index contributed by atoms with van der Waals surface area (Å²) in [6, 6.07) is 7.27. The Hall–Kier alpha value is -2.70. The quantitative estimate of drug-likeness (QED) is 0.733.